The second kappa shape index (κ2) is 7.65. The van der Waals surface area contributed by atoms with Crippen molar-refractivity contribution in [3.05, 3.63) is 59.7 Å². The third kappa shape index (κ3) is 4.47. The van der Waals surface area contributed by atoms with Crippen molar-refractivity contribution in [3.63, 3.8) is 0 Å². The lowest BCUT2D eigenvalue weighted by atomic mass is 9.99. The van der Waals surface area contributed by atoms with Crippen molar-refractivity contribution in [2.75, 3.05) is 0 Å². The molecule has 0 radical (unpaired) electrons. The van der Waals surface area contributed by atoms with Crippen LogP contribution in [0.4, 0.5) is 0 Å². The number of benzene rings is 2. The number of hydrogen-bond acceptors (Lipinski definition) is 1. The van der Waals surface area contributed by atoms with E-state index in [9.17, 15) is 4.79 Å². The molecule has 2 aromatic rings. The Morgan fingerprint density at radius 2 is 1.54 bits per heavy atom. The average molecular weight is 321 g/mol. The molecule has 1 saturated carbocycles. The van der Waals surface area contributed by atoms with E-state index in [2.05, 4.69) is 67.7 Å². The molecule has 1 aliphatic rings. The highest BCUT2D eigenvalue weighted by atomic mass is 16.2. The van der Waals surface area contributed by atoms with Crippen molar-refractivity contribution in [2.45, 2.75) is 52.0 Å². The quantitative estimate of drug-likeness (QED) is 0.782. The van der Waals surface area contributed by atoms with Crippen LogP contribution in [0.25, 0.3) is 11.1 Å². The molecule has 2 aromatic carbocycles. The van der Waals surface area contributed by atoms with E-state index < -0.39 is 0 Å². The zero-order valence-electron chi connectivity index (χ0n) is 14.7. The lowest BCUT2D eigenvalue weighted by Crippen LogP contribution is -2.35. The van der Waals surface area contributed by atoms with Crippen molar-refractivity contribution in [3.8, 4) is 11.1 Å². The fourth-order valence-corrected chi connectivity index (χ4v) is 3.10. The minimum absolute atomic E-state index is 0.192. The summed E-state index contributed by atoms with van der Waals surface area (Å²) in [6.07, 6.45) is 5.33. The summed E-state index contributed by atoms with van der Waals surface area (Å²) in [4.78, 5) is 11.8. The number of rotatable bonds is 7. The summed E-state index contributed by atoms with van der Waals surface area (Å²) in [6.45, 7) is 4.29. The van der Waals surface area contributed by atoms with Crippen LogP contribution >= 0.6 is 0 Å². The monoisotopic (exact) mass is 321 g/mol. The smallest absolute Gasteiger partial charge is 0.223 e. The molecule has 0 spiro atoms. The second-order valence-electron chi connectivity index (χ2n) is 7.03. The number of aryl methyl sites for hydroxylation is 1. The van der Waals surface area contributed by atoms with Crippen molar-refractivity contribution in [2.24, 2.45) is 5.92 Å². The van der Waals surface area contributed by atoms with Crippen LogP contribution in [-0.4, -0.2) is 11.9 Å². The third-order valence-corrected chi connectivity index (χ3v) is 4.66. The van der Waals surface area contributed by atoms with Gasteiger partial charge in [-0.3, -0.25) is 4.79 Å². The molecule has 0 aliphatic heterocycles. The van der Waals surface area contributed by atoms with E-state index in [-0.39, 0.29) is 17.9 Å². The first-order chi connectivity index (χ1) is 11.7. The molecule has 1 N–H and O–H groups in total. The van der Waals surface area contributed by atoms with Gasteiger partial charge in [0.25, 0.3) is 0 Å². The molecule has 1 amide bonds. The molecular weight excluding hydrogens is 294 g/mol. The van der Waals surface area contributed by atoms with Crippen LogP contribution in [0.3, 0.4) is 0 Å². The van der Waals surface area contributed by atoms with Crippen LogP contribution in [0.5, 0.6) is 0 Å². The van der Waals surface area contributed by atoms with Gasteiger partial charge in [0.05, 0.1) is 0 Å². The molecule has 1 unspecified atom stereocenters. The summed E-state index contributed by atoms with van der Waals surface area (Å²) in [6, 6.07) is 17.8. The number of carbonyl (C=O) groups is 1. The first kappa shape index (κ1) is 16.8. The highest BCUT2D eigenvalue weighted by Crippen LogP contribution is 2.29. The predicted molar refractivity (Wildman–Crippen MR) is 99.9 cm³/mol. The summed E-state index contributed by atoms with van der Waals surface area (Å²) < 4.78 is 0. The average Bonchev–Trinajstić information content (AvgIpc) is 3.41. The van der Waals surface area contributed by atoms with Crippen LogP contribution in [0, 0.1) is 5.92 Å². The molecule has 1 aliphatic carbocycles. The largest absolute Gasteiger partial charge is 0.353 e. The molecular formula is C22H27NO. The van der Waals surface area contributed by atoms with Crippen molar-refractivity contribution < 1.29 is 4.79 Å². The van der Waals surface area contributed by atoms with Gasteiger partial charge in [0, 0.05) is 12.0 Å². The van der Waals surface area contributed by atoms with E-state index >= 15 is 0 Å². The molecule has 0 heterocycles. The van der Waals surface area contributed by atoms with Crippen LogP contribution in [0.15, 0.2) is 48.5 Å². The highest BCUT2D eigenvalue weighted by molar-refractivity contribution is 5.81. The molecule has 24 heavy (non-hydrogen) atoms. The number of nitrogens with one attached hydrogen (secondary N) is 1. The maximum atomic E-state index is 11.8. The summed E-state index contributed by atoms with van der Waals surface area (Å²) in [5.41, 5.74) is 5.18. The summed E-state index contributed by atoms with van der Waals surface area (Å²) >= 11 is 0. The van der Waals surface area contributed by atoms with Crippen molar-refractivity contribution >= 4 is 5.91 Å². The first-order valence-electron chi connectivity index (χ1n) is 9.14. The van der Waals surface area contributed by atoms with Crippen LogP contribution in [-0.2, 0) is 17.6 Å². The highest BCUT2D eigenvalue weighted by Gasteiger charge is 2.30. The topological polar surface area (TPSA) is 29.1 Å². The van der Waals surface area contributed by atoms with Gasteiger partial charge in [-0.25, -0.2) is 0 Å². The number of carbonyl (C=O) groups excluding carboxylic acids is 1. The minimum Gasteiger partial charge on any atom is -0.353 e. The molecule has 1 atom stereocenters. The molecule has 2 nitrogen and oxygen atoms in total. The standard InChI is InChI=1S/C22H27NO/c1-3-4-17-5-9-19(10-6-17)20-11-7-18(8-12-20)15-16(2)23-22(24)21-13-14-21/h5-12,16,21H,3-4,13-15H2,1-2H3,(H,23,24). The van der Waals surface area contributed by atoms with Crippen LogP contribution < -0.4 is 5.32 Å². The Morgan fingerprint density at radius 3 is 2.04 bits per heavy atom. The first-order valence-corrected chi connectivity index (χ1v) is 9.14. The SMILES string of the molecule is CCCc1ccc(-c2ccc(CC(C)NC(=O)C3CC3)cc2)cc1. The lowest BCUT2D eigenvalue weighted by Gasteiger charge is -2.14. The summed E-state index contributed by atoms with van der Waals surface area (Å²) in [5, 5.41) is 3.12. The van der Waals surface area contributed by atoms with E-state index in [1.54, 1.807) is 0 Å². The van der Waals surface area contributed by atoms with Gasteiger partial charge in [-0.2, -0.15) is 0 Å². The van der Waals surface area contributed by atoms with Crippen molar-refractivity contribution in [1.82, 2.24) is 5.32 Å². The van der Waals surface area contributed by atoms with Crippen LogP contribution in [0.2, 0.25) is 0 Å². The van der Waals surface area contributed by atoms with E-state index in [4.69, 9.17) is 0 Å². The molecule has 0 aromatic heterocycles. The number of amides is 1. The van der Waals surface area contributed by atoms with Gasteiger partial charge >= 0.3 is 0 Å². The van der Waals surface area contributed by atoms with Gasteiger partial charge in [0.1, 0.15) is 0 Å². The van der Waals surface area contributed by atoms with E-state index in [0.29, 0.717) is 0 Å². The normalized spacial score (nSPS) is 15.1. The van der Waals surface area contributed by atoms with E-state index in [1.165, 1.54) is 28.7 Å². The van der Waals surface area contributed by atoms with Gasteiger partial charge in [-0.1, -0.05) is 61.9 Å². The Bertz CT molecular complexity index is 668. The van der Waals surface area contributed by atoms with Crippen LogP contribution in [0.1, 0.15) is 44.2 Å². The van der Waals surface area contributed by atoms with E-state index in [0.717, 1.165) is 25.7 Å². The zero-order chi connectivity index (χ0) is 16.9. The number of hydrogen-bond donors (Lipinski definition) is 1. The molecule has 2 heteroatoms. The fraction of sp³-hybridized carbons (Fsp3) is 0.409. The van der Waals surface area contributed by atoms with Crippen molar-refractivity contribution in [1.29, 1.82) is 0 Å². The molecule has 0 saturated heterocycles. The third-order valence-electron chi connectivity index (χ3n) is 4.66. The maximum absolute atomic E-state index is 11.8. The van der Waals surface area contributed by atoms with E-state index in [1.807, 2.05) is 0 Å². The Labute approximate surface area is 145 Å². The fourth-order valence-electron chi connectivity index (χ4n) is 3.10. The Morgan fingerprint density at radius 1 is 1.00 bits per heavy atom. The molecule has 1 fully saturated rings. The van der Waals surface area contributed by atoms with Gasteiger partial charge < -0.3 is 5.32 Å². The summed E-state index contributed by atoms with van der Waals surface area (Å²) in [5.74, 6) is 0.511. The van der Waals surface area contributed by atoms with Gasteiger partial charge in [0.2, 0.25) is 5.91 Å². The minimum atomic E-state index is 0.192. The maximum Gasteiger partial charge on any atom is 0.223 e. The Kier molecular flexibility index (Phi) is 5.34. The zero-order valence-corrected chi connectivity index (χ0v) is 14.7. The molecule has 126 valence electrons. The Balaban J connectivity index is 1.59. The molecule has 3 rings (SSSR count). The molecule has 0 bridgehead atoms. The second-order valence-corrected chi connectivity index (χ2v) is 7.03. The lowest BCUT2D eigenvalue weighted by molar-refractivity contribution is -0.122. The predicted octanol–water partition coefficient (Wildman–Crippen LogP) is 4.76. The summed E-state index contributed by atoms with van der Waals surface area (Å²) in [7, 11) is 0. The van der Waals surface area contributed by atoms with Gasteiger partial charge in [-0.15, -0.1) is 0 Å². The Hall–Kier alpha value is -2.09. The van der Waals surface area contributed by atoms with Gasteiger partial charge in [-0.05, 0) is 54.9 Å². The van der Waals surface area contributed by atoms with Gasteiger partial charge in [0.15, 0.2) is 0 Å².